The second-order valence-corrected chi connectivity index (χ2v) is 6.85. The van der Waals surface area contributed by atoms with E-state index in [4.69, 9.17) is 14.5 Å². The molecule has 1 aromatic rings. The third-order valence-corrected chi connectivity index (χ3v) is 4.93. The highest BCUT2D eigenvalue weighted by molar-refractivity contribution is 14.0. The molecular formula is C21H34IN3O3. The van der Waals surface area contributed by atoms with Crippen molar-refractivity contribution in [2.45, 2.75) is 39.5 Å². The lowest BCUT2D eigenvalue weighted by molar-refractivity contribution is -0.149. The molecule has 1 aliphatic rings. The number of likely N-dealkylation sites (tertiary alicyclic amines) is 1. The summed E-state index contributed by atoms with van der Waals surface area (Å²) in [5, 5.41) is 3.39. The molecule has 1 saturated heterocycles. The first kappa shape index (κ1) is 24.5. The van der Waals surface area contributed by atoms with E-state index >= 15 is 0 Å². The van der Waals surface area contributed by atoms with Gasteiger partial charge in [-0.25, -0.2) is 0 Å². The molecule has 1 aliphatic heterocycles. The first-order valence-corrected chi connectivity index (χ1v) is 9.93. The summed E-state index contributed by atoms with van der Waals surface area (Å²) in [4.78, 5) is 19.0. The number of guanidine groups is 1. The van der Waals surface area contributed by atoms with Crippen molar-refractivity contribution >= 4 is 35.9 Å². The molecule has 158 valence electrons. The summed E-state index contributed by atoms with van der Waals surface area (Å²) < 4.78 is 10.6. The van der Waals surface area contributed by atoms with Crippen LogP contribution in [0, 0.1) is 5.92 Å². The van der Waals surface area contributed by atoms with Crippen LogP contribution in [0.5, 0.6) is 5.75 Å². The molecule has 28 heavy (non-hydrogen) atoms. The first-order valence-electron chi connectivity index (χ1n) is 9.93. The zero-order valence-electron chi connectivity index (χ0n) is 17.4. The van der Waals surface area contributed by atoms with E-state index in [-0.39, 0.29) is 41.8 Å². The number of benzene rings is 1. The van der Waals surface area contributed by atoms with Gasteiger partial charge in [0.1, 0.15) is 5.75 Å². The molecular weight excluding hydrogens is 469 g/mol. The number of para-hydroxylation sites is 1. The van der Waals surface area contributed by atoms with Crippen LogP contribution in [0.15, 0.2) is 29.3 Å². The number of ether oxygens (including phenoxy) is 2. The normalized spacial score (nSPS) is 16.1. The van der Waals surface area contributed by atoms with E-state index in [0.717, 1.165) is 44.2 Å². The number of halogens is 1. The maximum atomic E-state index is 11.9. The Morgan fingerprint density at radius 1 is 1.29 bits per heavy atom. The molecule has 1 heterocycles. The van der Waals surface area contributed by atoms with E-state index in [9.17, 15) is 4.79 Å². The summed E-state index contributed by atoms with van der Waals surface area (Å²) in [6, 6.07) is 8.09. The van der Waals surface area contributed by atoms with E-state index in [1.807, 2.05) is 25.1 Å². The van der Waals surface area contributed by atoms with Gasteiger partial charge < -0.3 is 19.7 Å². The molecule has 0 radical (unpaired) electrons. The van der Waals surface area contributed by atoms with Crippen LogP contribution in [0.2, 0.25) is 0 Å². The number of nitrogens with zero attached hydrogens (tertiary/aromatic N) is 2. The Hall–Kier alpha value is -1.51. The molecule has 0 aromatic heterocycles. The van der Waals surface area contributed by atoms with Crippen molar-refractivity contribution in [2.24, 2.45) is 10.9 Å². The fraction of sp³-hybridized carbons (Fsp3) is 0.619. The number of methoxy groups -OCH3 is 1. The van der Waals surface area contributed by atoms with Gasteiger partial charge in [0.15, 0.2) is 5.96 Å². The van der Waals surface area contributed by atoms with Crippen LogP contribution >= 0.6 is 24.0 Å². The zero-order chi connectivity index (χ0) is 19.6. The molecule has 0 amide bonds. The van der Waals surface area contributed by atoms with Gasteiger partial charge in [-0.2, -0.15) is 0 Å². The van der Waals surface area contributed by atoms with Crippen molar-refractivity contribution in [2.75, 3.05) is 39.9 Å². The third kappa shape index (κ3) is 6.83. The number of rotatable bonds is 7. The van der Waals surface area contributed by atoms with E-state index < -0.39 is 0 Å². The van der Waals surface area contributed by atoms with Crippen molar-refractivity contribution < 1.29 is 14.3 Å². The highest BCUT2D eigenvalue weighted by Crippen LogP contribution is 2.26. The maximum absolute atomic E-state index is 11.9. The Morgan fingerprint density at radius 2 is 1.96 bits per heavy atom. The number of hydrogen-bond acceptors (Lipinski definition) is 4. The van der Waals surface area contributed by atoms with Gasteiger partial charge in [0.25, 0.3) is 0 Å². The van der Waals surface area contributed by atoms with Crippen LogP contribution in [-0.2, 0) is 9.53 Å². The lowest BCUT2D eigenvalue weighted by Gasteiger charge is -2.33. The molecule has 2 rings (SSSR count). The second-order valence-electron chi connectivity index (χ2n) is 6.85. The van der Waals surface area contributed by atoms with Gasteiger partial charge in [-0.1, -0.05) is 25.1 Å². The lowest BCUT2D eigenvalue weighted by Crippen LogP contribution is -2.46. The van der Waals surface area contributed by atoms with Crippen molar-refractivity contribution in [3.05, 3.63) is 29.8 Å². The van der Waals surface area contributed by atoms with Gasteiger partial charge in [0.05, 0.1) is 19.6 Å². The van der Waals surface area contributed by atoms with Gasteiger partial charge in [0, 0.05) is 32.1 Å². The predicted octanol–water partition coefficient (Wildman–Crippen LogP) is 3.66. The highest BCUT2D eigenvalue weighted by atomic mass is 127. The SMILES string of the molecule is CCNC(=NCC(C)c1ccccc1OC)N1CCC(C(=O)OCC)CC1.I. The van der Waals surface area contributed by atoms with Gasteiger partial charge in [0.2, 0.25) is 0 Å². The van der Waals surface area contributed by atoms with E-state index in [2.05, 4.69) is 30.1 Å². The molecule has 0 spiro atoms. The van der Waals surface area contributed by atoms with E-state index in [0.29, 0.717) is 13.2 Å². The highest BCUT2D eigenvalue weighted by Gasteiger charge is 2.27. The molecule has 1 unspecified atom stereocenters. The van der Waals surface area contributed by atoms with Gasteiger partial charge in [-0.05, 0) is 38.3 Å². The molecule has 0 bridgehead atoms. The summed E-state index contributed by atoms with van der Waals surface area (Å²) >= 11 is 0. The summed E-state index contributed by atoms with van der Waals surface area (Å²) in [7, 11) is 1.70. The Labute approximate surface area is 186 Å². The number of aliphatic imine (C=N–C) groups is 1. The average molecular weight is 503 g/mol. The number of carbonyl (C=O) groups excluding carboxylic acids is 1. The number of hydrogen-bond donors (Lipinski definition) is 1. The summed E-state index contributed by atoms with van der Waals surface area (Å²) in [5.41, 5.74) is 1.17. The molecule has 0 saturated carbocycles. The number of piperidine rings is 1. The van der Waals surface area contributed by atoms with Crippen molar-refractivity contribution in [3.63, 3.8) is 0 Å². The van der Waals surface area contributed by atoms with E-state index in [1.165, 1.54) is 5.56 Å². The molecule has 1 N–H and O–H groups in total. The van der Waals surface area contributed by atoms with Crippen molar-refractivity contribution in [1.29, 1.82) is 0 Å². The fourth-order valence-corrected chi connectivity index (χ4v) is 3.41. The third-order valence-electron chi connectivity index (χ3n) is 4.93. The minimum atomic E-state index is -0.0658. The Kier molecular flexibility index (Phi) is 11.3. The quantitative estimate of drug-likeness (QED) is 0.267. The van der Waals surface area contributed by atoms with Crippen LogP contribution in [0.4, 0.5) is 0 Å². The summed E-state index contributed by atoms with van der Waals surface area (Å²) in [5.74, 6) is 2.02. The second kappa shape index (κ2) is 12.9. The standard InChI is InChI=1S/C21H33N3O3.HI/c1-5-22-21(24-13-11-17(12-14-24)20(25)27-6-2)23-15-16(3)18-9-7-8-10-19(18)26-4;/h7-10,16-17H,5-6,11-15H2,1-4H3,(H,22,23);1H. The van der Waals surface area contributed by atoms with Gasteiger partial charge >= 0.3 is 5.97 Å². The van der Waals surface area contributed by atoms with Crippen LogP contribution in [-0.4, -0.2) is 56.7 Å². The Morgan fingerprint density at radius 3 is 2.57 bits per heavy atom. The van der Waals surface area contributed by atoms with Crippen LogP contribution in [0.1, 0.15) is 45.1 Å². The number of esters is 1. The monoisotopic (exact) mass is 503 g/mol. The molecule has 1 atom stereocenters. The lowest BCUT2D eigenvalue weighted by atomic mass is 9.97. The zero-order valence-corrected chi connectivity index (χ0v) is 19.8. The predicted molar refractivity (Wildman–Crippen MR) is 124 cm³/mol. The summed E-state index contributed by atoms with van der Waals surface area (Å²) in [6.07, 6.45) is 1.62. The first-order chi connectivity index (χ1) is 13.1. The van der Waals surface area contributed by atoms with Crippen LogP contribution in [0.3, 0.4) is 0 Å². The largest absolute Gasteiger partial charge is 0.496 e. The van der Waals surface area contributed by atoms with Gasteiger partial charge in [-0.15, -0.1) is 24.0 Å². The molecule has 0 aliphatic carbocycles. The minimum absolute atomic E-state index is 0. The van der Waals surface area contributed by atoms with Crippen molar-refractivity contribution in [3.8, 4) is 5.75 Å². The average Bonchev–Trinajstić information content (AvgIpc) is 2.71. The van der Waals surface area contributed by atoms with E-state index in [1.54, 1.807) is 7.11 Å². The minimum Gasteiger partial charge on any atom is -0.496 e. The van der Waals surface area contributed by atoms with Crippen LogP contribution < -0.4 is 10.1 Å². The fourth-order valence-electron chi connectivity index (χ4n) is 3.41. The molecule has 1 fully saturated rings. The topological polar surface area (TPSA) is 63.2 Å². The molecule has 1 aromatic carbocycles. The number of carbonyl (C=O) groups is 1. The molecule has 7 heteroatoms. The van der Waals surface area contributed by atoms with Crippen molar-refractivity contribution in [1.82, 2.24) is 10.2 Å². The molecule has 6 nitrogen and oxygen atoms in total. The summed E-state index contributed by atoms with van der Waals surface area (Å²) in [6.45, 7) is 9.68. The van der Waals surface area contributed by atoms with Crippen LogP contribution in [0.25, 0.3) is 0 Å². The maximum Gasteiger partial charge on any atom is 0.309 e. The smallest absolute Gasteiger partial charge is 0.309 e. The Bertz CT molecular complexity index is 631. The van der Waals surface area contributed by atoms with Gasteiger partial charge in [-0.3, -0.25) is 9.79 Å². The number of nitrogens with one attached hydrogen (secondary N) is 1. The Balaban J connectivity index is 0.00000392.